The summed E-state index contributed by atoms with van der Waals surface area (Å²) in [5.74, 6) is 0.312. The van der Waals surface area contributed by atoms with Crippen LogP contribution in [-0.2, 0) is 17.9 Å². The third kappa shape index (κ3) is 2.85. The smallest absolute Gasteiger partial charge is 0.374 e. The number of esters is 1. The van der Waals surface area contributed by atoms with Crippen LogP contribution in [0.3, 0.4) is 0 Å². The van der Waals surface area contributed by atoms with E-state index < -0.39 is 5.97 Å². The maximum absolute atomic E-state index is 11.5. The van der Waals surface area contributed by atoms with E-state index in [4.69, 9.17) is 9.15 Å². The summed E-state index contributed by atoms with van der Waals surface area (Å²) in [6.07, 6.45) is 1.63. The van der Waals surface area contributed by atoms with Crippen LogP contribution in [0.4, 0.5) is 0 Å². The second-order valence-corrected chi connectivity index (χ2v) is 4.05. The maximum atomic E-state index is 11.5. The summed E-state index contributed by atoms with van der Waals surface area (Å²) in [5, 5.41) is 9.26. The van der Waals surface area contributed by atoms with Gasteiger partial charge in [0.2, 0.25) is 5.76 Å². The van der Waals surface area contributed by atoms with Crippen molar-refractivity contribution in [1.29, 1.82) is 0 Å². The summed E-state index contributed by atoms with van der Waals surface area (Å²) in [6.45, 7) is 4.20. The highest BCUT2D eigenvalue weighted by atomic mass is 16.5. The average Bonchev–Trinajstić information content (AvgIpc) is 2.98. The number of aromatic nitrogens is 2. The highest BCUT2D eigenvalue weighted by Gasteiger charge is 2.13. The fourth-order valence-electron chi connectivity index (χ4n) is 1.79. The van der Waals surface area contributed by atoms with E-state index in [0.29, 0.717) is 18.9 Å². The molecule has 2 heterocycles. The lowest BCUT2D eigenvalue weighted by Gasteiger charge is -2.04. The van der Waals surface area contributed by atoms with Gasteiger partial charge in [0, 0.05) is 0 Å². The largest absolute Gasteiger partial charge is 0.460 e. The fraction of sp³-hybridized carbons (Fsp3) is 0.385. The van der Waals surface area contributed by atoms with E-state index in [1.54, 1.807) is 30.0 Å². The molecular formula is C13H16N2O4. The van der Waals surface area contributed by atoms with E-state index in [9.17, 15) is 9.90 Å². The number of aliphatic hydroxyl groups is 1. The standard InChI is InChI=1S/C13H16N2O4/c1-3-18-13(17)12-5-4-10(19-12)6-15-8-14-9(2)11(15)7-16/h4-5,8,16H,3,6-7H2,1-2H3. The molecule has 0 aliphatic heterocycles. The van der Waals surface area contributed by atoms with E-state index in [1.165, 1.54) is 0 Å². The molecule has 0 fully saturated rings. The van der Waals surface area contributed by atoms with Gasteiger partial charge in [-0.05, 0) is 26.0 Å². The second kappa shape index (κ2) is 5.71. The van der Waals surface area contributed by atoms with Crippen LogP contribution < -0.4 is 0 Å². The van der Waals surface area contributed by atoms with Crippen LogP contribution in [0.2, 0.25) is 0 Å². The Morgan fingerprint density at radius 3 is 3.00 bits per heavy atom. The number of carbonyl (C=O) groups excluding carboxylic acids is 1. The number of imidazole rings is 1. The topological polar surface area (TPSA) is 77.5 Å². The van der Waals surface area contributed by atoms with Crippen molar-refractivity contribution in [2.24, 2.45) is 0 Å². The summed E-state index contributed by atoms with van der Waals surface area (Å²) in [7, 11) is 0. The molecule has 1 N–H and O–H groups in total. The Kier molecular flexibility index (Phi) is 4.01. The number of hydrogen-bond donors (Lipinski definition) is 1. The summed E-state index contributed by atoms with van der Waals surface area (Å²) in [6, 6.07) is 3.29. The molecule has 6 nitrogen and oxygen atoms in total. The lowest BCUT2D eigenvalue weighted by Crippen LogP contribution is -2.04. The third-order valence-electron chi connectivity index (χ3n) is 2.77. The maximum Gasteiger partial charge on any atom is 0.374 e. The number of aryl methyl sites for hydroxylation is 1. The third-order valence-corrected chi connectivity index (χ3v) is 2.77. The minimum atomic E-state index is -0.474. The molecule has 0 spiro atoms. The average molecular weight is 264 g/mol. The Bertz CT molecular complexity index is 571. The molecule has 0 aliphatic carbocycles. The van der Waals surface area contributed by atoms with Crippen LogP contribution in [0.25, 0.3) is 0 Å². The van der Waals surface area contributed by atoms with Gasteiger partial charge in [-0.2, -0.15) is 0 Å². The first-order chi connectivity index (χ1) is 9.15. The predicted molar refractivity (Wildman–Crippen MR) is 66.7 cm³/mol. The second-order valence-electron chi connectivity index (χ2n) is 4.05. The first-order valence-electron chi connectivity index (χ1n) is 6.03. The molecule has 0 aromatic carbocycles. The number of rotatable bonds is 5. The molecule has 0 unspecified atom stereocenters. The number of ether oxygens (including phenoxy) is 1. The number of aliphatic hydroxyl groups excluding tert-OH is 1. The van der Waals surface area contributed by atoms with E-state index in [-0.39, 0.29) is 12.4 Å². The Labute approximate surface area is 110 Å². The molecule has 0 atom stereocenters. The number of furan rings is 1. The molecular weight excluding hydrogens is 248 g/mol. The normalized spacial score (nSPS) is 10.7. The molecule has 0 saturated heterocycles. The van der Waals surface area contributed by atoms with Gasteiger partial charge in [0.05, 0.1) is 37.5 Å². The Hall–Kier alpha value is -2.08. The van der Waals surface area contributed by atoms with Gasteiger partial charge < -0.3 is 18.8 Å². The quantitative estimate of drug-likeness (QED) is 0.828. The van der Waals surface area contributed by atoms with E-state index in [1.807, 2.05) is 6.92 Å². The first-order valence-corrected chi connectivity index (χ1v) is 6.03. The molecule has 2 aromatic rings. The van der Waals surface area contributed by atoms with Crippen LogP contribution in [0.1, 0.15) is 34.6 Å². The van der Waals surface area contributed by atoms with Crippen LogP contribution >= 0.6 is 0 Å². The van der Waals surface area contributed by atoms with Gasteiger partial charge in [-0.25, -0.2) is 9.78 Å². The molecule has 0 saturated carbocycles. The van der Waals surface area contributed by atoms with Crippen molar-refractivity contribution >= 4 is 5.97 Å². The minimum absolute atomic E-state index is 0.0860. The molecule has 0 radical (unpaired) electrons. The van der Waals surface area contributed by atoms with Crippen LogP contribution in [0.15, 0.2) is 22.9 Å². The number of nitrogens with zero attached hydrogens (tertiary/aromatic N) is 2. The molecule has 6 heteroatoms. The van der Waals surface area contributed by atoms with Crippen molar-refractivity contribution in [3.8, 4) is 0 Å². The molecule has 0 bridgehead atoms. The zero-order valence-corrected chi connectivity index (χ0v) is 10.9. The Morgan fingerprint density at radius 2 is 2.32 bits per heavy atom. The first kappa shape index (κ1) is 13.4. The van der Waals surface area contributed by atoms with Gasteiger partial charge in [0.25, 0.3) is 0 Å². The SMILES string of the molecule is CCOC(=O)c1ccc(Cn2cnc(C)c2CO)o1. The van der Waals surface area contributed by atoms with Crippen molar-refractivity contribution in [1.82, 2.24) is 9.55 Å². The molecule has 2 aromatic heterocycles. The summed E-state index contributed by atoms with van der Waals surface area (Å²) < 4.78 is 12.0. The van der Waals surface area contributed by atoms with Gasteiger partial charge in [-0.1, -0.05) is 0 Å². The van der Waals surface area contributed by atoms with Crippen LogP contribution in [-0.4, -0.2) is 27.2 Å². The van der Waals surface area contributed by atoms with Gasteiger partial charge in [-0.15, -0.1) is 0 Å². The Morgan fingerprint density at radius 1 is 1.53 bits per heavy atom. The molecule has 19 heavy (non-hydrogen) atoms. The summed E-state index contributed by atoms with van der Waals surface area (Å²) in [5.41, 5.74) is 1.51. The van der Waals surface area contributed by atoms with E-state index in [2.05, 4.69) is 4.98 Å². The molecule has 0 amide bonds. The van der Waals surface area contributed by atoms with Crippen molar-refractivity contribution in [2.75, 3.05) is 6.61 Å². The zero-order valence-electron chi connectivity index (χ0n) is 10.9. The fourth-order valence-corrected chi connectivity index (χ4v) is 1.79. The number of carbonyl (C=O) groups is 1. The van der Waals surface area contributed by atoms with Crippen molar-refractivity contribution in [3.63, 3.8) is 0 Å². The van der Waals surface area contributed by atoms with Crippen molar-refractivity contribution in [3.05, 3.63) is 41.4 Å². The van der Waals surface area contributed by atoms with Gasteiger partial charge in [-0.3, -0.25) is 0 Å². The molecule has 0 aliphatic rings. The van der Waals surface area contributed by atoms with E-state index >= 15 is 0 Å². The van der Waals surface area contributed by atoms with Crippen LogP contribution in [0, 0.1) is 6.92 Å². The zero-order chi connectivity index (χ0) is 13.8. The van der Waals surface area contributed by atoms with Gasteiger partial charge in [0.15, 0.2) is 0 Å². The van der Waals surface area contributed by atoms with E-state index in [0.717, 1.165) is 11.4 Å². The van der Waals surface area contributed by atoms with Crippen molar-refractivity contribution < 1.29 is 19.1 Å². The summed E-state index contributed by atoms with van der Waals surface area (Å²) >= 11 is 0. The molecule has 2 rings (SSSR count). The highest BCUT2D eigenvalue weighted by molar-refractivity contribution is 5.86. The highest BCUT2D eigenvalue weighted by Crippen LogP contribution is 2.14. The van der Waals surface area contributed by atoms with Crippen molar-refractivity contribution in [2.45, 2.75) is 27.0 Å². The number of hydrogen-bond acceptors (Lipinski definition) is 5. The lowest BCUT2D eigenvalue weighted by molar-refractivity contribution is 0.0488. The summed E-state index contributed by atoms with van der Waals surface area (Å²) in [4.78, 5) is 15.6. The Balaban J connectivity index is 2.13. The molecule has 102 valence electrons. The van der Waals surface area contributed by atoms with Crippen LogP contribution in [0.5, 0.6) is 0 Å². The van der Waals surface area contributed by atoms with Gasteiger partial charge >= 0.3 is 5.97 Å². The monoisotopic (exact) mass is 264 g/mol. The van der Waals surface area contributed by atoms with Gasteiger partial charge in [0.1, 0.15) is 5.76 Å². The minimum Gasteiger partial charge on any atom is -0.460 e. The lowest BCUT2D eigenvalue weighted by atomic mass is 10.3. The predicted octanol–water partition coefficient (Wildman–Crippen LogP) is 1.50.